The Morgan fingerprint density at radius 2 is 2.10 bits per heavy atom. The van der Waals surface area contributed by atoms with Gasteiger partial charge in [0, 0.05) is 30.4 Å². The van der Waals surface area contributed by atoms with Crippen LogP contribution in [0.25, 0.3) is 21.9 Å². The molecule has 4 rings (SSSR count). The van der Waals surface area contributed by atoms with E-state index in [1.807, 2.05) is 11.5 Å². The fraction of sp³-hybridized carbons (Fsp3) is 0.280. The van der Waals surface area contributed by atoms with Gasteiger partial charge in [-0.1, -0.05) is 26.0 Å². The number of hydrogen-bond acceptors (Lipinski definition) is 2. The third-order valence-corrected chi connectivity index (χ3v) is 5.67. The van der Waals surface area contributed by atoms with E-state index in [1.165, 1.54) is 17.7 Å². The topological polar surface area (TPSA) is 62.7 Å². The van der Waals surface area contributed by atoms with Gasteiger partial charge in [-0.05, 0) is 54.3 Å². The fourth-order valence-corrected chi connectivity index (χ4v) is 4.04. The van der Waals surface area contributed by atoms with Crippen molar-refractivity contribution < 1.29 is 9.18 Å². The fourth-order valence-electron chi connectivity index (χ4n) is 4.04. The summed E-state index contributed by atoms with van der Waals surface area (Å²) in [6.07, 6.45) is 2.33. The monoisotopic (exact) mass is 418 g/mol. The molecule has 1 amide bonds. The number of halogens is 1. The summed E-state index contributed by atoms with van der Waals surface area (Å²) in [7, 11) is 0. The molecule has 0 saturated carbocycles. The number of amides is 1. The number of nitrogens with one attached hydrogen (secondary N) is 2. The number of carbonyl (C=O) groups is 1. The molecule has 160 valence electrons. The van der Waals surface area contributed by atoms with Gasteiger partial charge in [0.05, 0.1) is 11.0 Å². The molecule has 0 aliphatic heterocycles. The lowest BCUT2D eigenvalue weighted by Gasteiger charge is -2.10. The minimum Gasteiger partial charge on any atom is -0.350 e. The van der Waals surface area contributed by atoms with E-state index in [-0.39, 0.29) is 11.7 Å². The average Bonchev–Trinajstić information content (AvgIpc) is 3.26. The molecular weight excluding hydrogens is 391 g/mol. The molecule has 31 heavy (non-hydrogen) atoms. The first-order valence-electron chi connectivity index (χ1n) is 10.5. The van der Waals surface area contributed by atoms with Gasteiger partial charge in [-0.3, -0.25) is 4.79 Å². The molecule has 0 saturated heterocycles. The van der Waals surface area contributed by atoms with E-state index in [2.05, 4.69) is 53.9 Å². The Morgan fingerprint density at radius 3 is 2.84 bits per heavy atom. The van der Waals surface area contributed by atoms with Gasteiger partial charge in [-0.2, -0.15) is 0 Å². The first-order valence-corrected chi connectivity index (χ1v) is 10.5. The molecule has 5 nitrogen and oxygen atoms in total. The standard InChI is InChI=1S/C25H27FN4O/c1-5-12-30-22-9-6-17(15(2)3)13-19(22)16(4)24(30)25(31)27-11-10-23-28-20-8-7-18(26)14-21(20)29-23/h5-9,13-15H,1,10-12H2,2-4H3,(H,27,31)(H,28,29). The summed E-state index contributed by atoms with van der Waals surface area (Å²) in [6.45, 7) is 11.2. The molecule has 2 heterocycles. The van der Waals surface area contributed by atoms with Crippen molar-refractivity contribution in [3.05, 3.63) is 77.5 Å². The number of hydrogen-bond donors (Lipinski definition) is 2. The van der Waals surface area contributed by atoms with Crippen LogP contribution in [0.2, 0.25) is 0 Å². The Hall–Kier alpha value is -3.41. The summed E-state index contributed by atoms with van der Waals surface area (Å²) in [6, 6.07) is 10.8. The van der Waals surface area contributed by atoms with Crippen LogP contribution in [-0.2, 0) is 13.0 Å². The Balaban J connectivity index is 1.56. The van der Waals surface area contributed by atoms with Gasteiger partial charge in [-0.15, -0.1) is 6.58 Å². The molecule has 0 fully saturated rings. The molecule has 0 aliphatic carbocycles. The third kappa shape index (κ3) is 3.98. The van der Waals surface area contributed by atoms with E-state index >= 15 is 0 Å². The molecule has 6 heteroatoms. The minimum atomic E-state index is -0.304. The summed E-state index contributed by atoms with van der Waals surface area (Å²) in [4.78, 5) is 20.7. The number of benzene rings is 2. The molecule has 0 unspecified atom stereocenters. The zero-order valence-electron chi connectivity index (χ0n) is 18.1. The predicted molar refractivity (Wildman–Crippen MR) is 123 cm³/mol. The number of rotatable bonds is 7. The van der Waals surface area contributed by atoms with Gasteiger partial charge in [0.1, 0.15) is 17.3 Å². The summed E-state index contributed by atoms with van der Waals surface area (Å²) in [5.41, 5.74) is 5.28. The number of nitrogens with zero attached hydrogens (tertiary/aromatic N) is 2. The number of imidazole rings is 1. The van der Waals surface area contributed by atoms with Gasteiger partial charge < -0.3 is 14.9 Å². The van der Waals surface area contributed by atoms with E-state index in [4.69, 9.17) is 0 Å². The van der Waals surface area contributed by atoms with Gasteiger partial charge >= 0.3 is 0 Å². The Labute approximate surface area is 181 Å². The van der Waals surface area contributed by atoms with E-state index < -0.39 is 0 Å². The van der Waals surface area contributed by atoms with Crippen LogP contribution in [0.5, 0.6) is 0 Å². The normalized spacial score (nSPS) is 11.5. The van der Waals surface area contributed by atoms with Gasteiger partial charge in [-0.25, -0.2) is 9.37 Å². The summed E-state index contributed by atoms with van der Waals surface area (Å²) < 4.78 is 15.4. The lowest BCUT2D eigenvalue weighted by atomic mass is 10.0. The molecule has 0 atom stereocenters. The molecule has 0 spiro atoms. The van der Waals surface area contributed by atoms with Crippen molar-refractivity contribution in [3.8, 4) is 0 Å². The number of aryl methyl sites for hydroxylation is 1. The molecular formula is C25H27FN4O. The maximum atomic E-state index is 13.4. The summed E-state index contributed by atoms with van der Waals surface area (Å²) in [5.74, 6) is 0.706. The lowest BCUT2D eigenvalue weighted by molar-refractivity contribution is 0.0945. The molecule has 2 N–H and O–H groups in total. The van der Waals surface area contributed by atoms with Crippen LogP contribution in [0.15, 0.2) is 49.1 Å². The lowest BCUT2D eigenvalue weighted by Crippen LogP contribution is -2.28. The van der Waals surface area contributed by atoms with Crippen LogP contribution in [0.3, 0.4) is 0 Å². The Morgan fingerprint density at radius 1 is 1.29 bits per heavy atom. The first-order chi connectivity index (χ1) is 14.9. The molecule has 0 aliphatic rings. The molecule has 0 radical (unpaired) electrons. The number of fused-ring (bicyclic) bond motifs is 2. The van der Waals surface area contributed by atoms with Crippen molar-refractivity contribution >= 4 is 27.8 Å². The number of allylic oxidation sites excluding steroid dienone is 1. The summed E-state index contributed by atoms with van der Waals surface area (Å²) >= 11 is 0. The average molecular weight is 419 g/mol. The maximum Gasteiger partial charge on any atom is 0.268 e. The largest absolute Gasteiger partial charge is 0.350 e. The van der Waals surface area contributed by atoms with E-state index in [1.54, 1.807) is 12.1 Å². The van der Waals surface area contributed by atoms with Crippen molar-refractivity contribution in [1.82, 2.24) is 19.9 Å². The second kappa shape index (κ2) is 8.38. The number of H-pyrrole nitrogens is 1. The van der Waals surface area contributed by atoms with E-state index in [0.717, 1.165) is 16.5 Å². The highest BCUT2D eigenvalue weighted by atomic mass is 19.1. The van der Waals surface area contributed by atoms with E-state index in [9.17, 15) is 9.18 Å². The van der Waals surface area contributed by atoms with Crippen LogP contribution >= 0.6 is 0 Å². The van der Waals surface area contributed by atoms with Crippen molar-refractivity contribution in [2.75, 3.05) is 6.54 Å². The zero-order valence-corrected chi connectivity index (χ0v) is 18.1. The second-order valence-electron chi connectivity index (χ2n) is 8.16. The van der Waals surface area contributed by atoms with Crippen LogP contribution in [-0.4, -0.2) is 27.0 Å². The Bertz CT molecular complexity index is 1280. The van der Waals surface area contributed by atoms with Crippen LogP contribution in [0.4, 0.5) is 4.39 Å². The quantitative estimate of drug-likeness (QED) is 0.403. The van der Waals surface area contributed by atoms with Crippen molar-refractivity contribution in [2.45, 2.75) is 39.7 Å². The highest BCUT2D eigenvalue weighted by Gasteiger charge is 2.20. The van der Waals surface area contributed by atoms with Crippen molar-refractivity contribution in [1.29, 1.82) is 0 Å². The molecule has 2 aromatic carbocycles. The van der Waals surface area contributed by atoms with Crippen molar-refractivity contribution in [3.63, 3.8) is 0 Å². The minimum absolute atomic E-state index is 0.121. The van der Waals surface area contributed by atoms with Crippen LogP contribution in [0.1, 0.15) is 47.2 Å². The smallest absolute Gasteiger partial charge is 0.268 e. The SMILES string of the molecule is C=CCn1c(C(=O)NCCc2nc3ccc(F)cc3[nH]2)c(C)c2cc(C(C)C)ccc21. The molecule has 0 bridgehead atoms. The van der Waals surface area contributed by atoms with Crippen molar-refractivity contribution in [2.24, 2.45) is 0 Å². The highest BCUT2D eigenvalue weighted by Crippen LogP contribution is 2.29. The number of aromatic nitrogens is 3. The van der Waals surface area contributed by atoms with Crippen LogP contribution < -0.4 is 5.32 Å². The van der Waals surface area contributed by atoms with Gasteiger partial charge in [0.25, 0.3) is 5.91 Å². The van der Waals surface area contributed by atoms with Gasteiger partial charge in [0.15, 0.2) is 0 Å². The first kappa shape index (κ1) is 20.8. The van der Waals surface area contributed by atoms with Crippen LogP contribution in [0, 0.1) is 12.7 Å². The number of aromatic amines is 1. The predicted octanol–water partition coefficient (Wildman–Crippen LogP) is 5.25. The number of carbonyl (C=O) groups excluding carboxylic acids is 1. The maximum absolute atomic E-state index is 13.4. The highest BCUT2D eigenvalue weighted by molar-refractivity contribution is 6.01. The van der Waals surface area contributed by atoms with E-state index in [0.29, 0.717) is 48.0 Å². The molecule has 4 aromatic rings. The summed E-state index contributed by atoms with van der Waals surface area (Å²) in [5, 5.41) is 4.11. The second-order valence-corrected chi connectivity index (χ2v) is 8.16. The molecule has 2 aromatic heterocycles. The zero-order chi connectivity index (χ0) is 22.1. The van der Waals surface area contributed by atoms with Gasteiger partial charge in [0.2, 0.25) is 0 Å². The third-order valence-electron chi connectivity index (χ3n) is 5.67. The Kier molecular flexibility index (Phi) is 5.63.